The van der Waals surface area contributed by atoms with Gasteiger partial charge >= 0.3 is 5.97 Å². The Balaban J connectivity index is 1.67. The lowest BCUT2D eigenvalue weighted by molar-refractivity contribution is -0.154. The van der Waals surface area contributed by atoms with Gasteiger partial charge in [-0.05, 0) is 6.07 Å². The molecule has 0 aromatic carbocycles. The zero-order valence-corrected chi connectivity index (χ0v) is 12.5. The van der Waals surface area contributed by atoms with E-state index in [0.29, 0.717) is 31.2 Å². The Morgan fingerprint density at radius 1 is 1.39 bits per heavy atom. The molecule has 0 aliphatic carbocycles. The molecule has 2 fully saturated rings. The van der Waals surface area contributed by atoms with Crippen molar-refractivity contribution in [2.24, 2.45) is 0 Å². The molecule has 8 nitrogen and oxygen atoms in total. The maximum atomic E-state index is 12.5. The van der Waals surface area contributed by atoms with Crippen molar-refractivity contribution in [2.45, 2.75) is 18.6 Å². The van der Waals surface area contributed by atoms with Gasteiger partial charge in [-0.25, -0.2) is 9.78 Å². The molecule has 0 saturated carbocycles. The monoisotopic (exact) mass is 322 g/mol. The Labute approximate surface area is 133 Å². The van der Waals surface area contributed by atoms with Gasteiger partial charge in [0.25, 0.3) is 5.91 Å². The Morgan fingerprint density at radius 3 is 3.00 bits per heavy atom. The largest absolute Gasteiger partial charge is 0.479 e. The number of hydrogen-bond acceptors (Lipinski definition) is 6. The van der Waals surface area contributed by atoms with Crippen LogP contribution in [0.1, 0.15) is 16.8 Å². The van der Waals surface area contributed by atoms with E-state index >= 15 is 0 Å². The average molecular weight is 322 g/mol. The number of pyridine rings is 1. The third-order valence-corrected chi connectivity index (χ3v) is 3.79. The lowest BCUT2D eigenvalue weighted by atomic mass is 10.2. The van der Waals surface area contributed by atoms with Crippen molar-refractivity contribution < 1.29 is 28.9 Å². The first-order valence-corrected chi connectivity index (χ1v) is 7.47. The molecule has 3 heterocycles. The van der Waals surface area contributed by atoms with Crippen LogP contribution >= 0.6 is 0 Å². The minimum absolute atomic E-state index is 0.0309. The number of carbonyl (C=O) groups is 2. The van der Waals surface area contributed by atoms with Gasteiger partial charge in [-0.3, -0.25) is 4.79 Å². The number of nitrogens with zero attached hydrogens (tertiary/aromatic N) is 2. The highest BCUT2D eigenvalue weighted by molar-refractivity contribution is 5.94. The fourth-order valence-corrected chi connectivity index (χ4v) is 2.55. The summed E-state index contributed by atoms with van der Waals surface area (Å²) in [5.74, 6) is -0.952. The highest BCUT2D eigenvalue weighted by Gasteiger charge is 2.29. The average Bonchev–Trinajstić information content (AvgIpc) is 3.07. The summed E-state index contributed by atoms with van der Waals surface area (Å²) in [7, 11) is 0. The Hall–Kier alpha value is -2.19. The van der Waals surface area contributed by atoms with E-state index in [1.165, 1.54) is 11.1 Å². The van der Waals surface area contributed by atoms with Gasteiger partial charge in [-0.15, -0.1) is 0 Å². The minimum atomic E-state index is -1.07. The standard InChI is InChI=1S/C15H18N2O6/c18-14(17-4-6-22-12(8-17)15(19)20)10-1-3-16-13(7-10)23-11-2-5-21-9-11/h1,3,7,11-12H,2,4-6,8-9H2,(H,19,20). The van der Waals surface area contributed by atoms with Gasteiger partial charge in [0.05, 0.1) is 26.4 Å². The maximum absolute atomic E-state index is 12.5. The second kappa shape index (κ2) is 6.93. The van der Waals surface area contributed by atoms with Crippen LogP contribution in [-0.4, -0.2) is 72.0 Å². The molecule has 1 aromatic rings. The van der Waals surface area contributed by atoms with Crippen LogP contribution in [-0.2, 0) is 14.3 Å². The molecule has 8 heteroatoms. The van der Waals surface area contributed by atoms with Crippen molar-refractivity contribution in [3.63, 3.8) is 0 Å². The number of rotatable bonds is 4. The summed E-state index contributed by atoms with van der Waals surface area (Å²) in [5, 5.41) is 9.01. The number of aromatic nitrogens is 1. The van der Waals surface area contributed by atoms with Crippen LogP contribution in [0, 0.1) is 0 Å². The van der Waals surface area contributed by atoms with E-state index in [4.69, 9.17) is 19.3 Å². The second-order valence-electron chi connectivity index (χ2n) is 5.44. The highest BCUT2D eigenvalue weighted by atomic mass is 16.5. The second-order valence-corrected chi connectivity index (χ2v) is 5.44. The van der Waals surface area contributed by atoms with Crippen LogP contribution in [0.5, 0.6) is 5.88 Å². The van der Waals surface area contributed by atoms with Crippen molar-refractivity contribution in [3.05, 3.63) is 23.9 Å². The molecule has 0 radical (unpaired) electrons. The van der Waals surface area contributed by atoms with Crippen LogP contribution in [0.4, 0.5) is 0 Å². The van der Waals surface area contributed by atoms with Gasteiger partial charge in [0.15, 0.2) is 6.10 Å². The summed E-state index contributed by atoms with van der Waals surface area (Å²) in [4.78, 5) is 29.1. The SMILES string of the molecule is O=C(O)C1CN(C(=O)c2ccnc(OC3CCOC3)c2)CCO1. The van der Waals surface area contributed by atoms with Gasteiger partial charge in [-0.1, -0.05) is 0 Å². The van der Waals surface area contributed by atoms with Crippen LogP contribution in [0.25, 0.3) is 0 Å². The lowest BCUT2D eigenvalue weighted by Gasteiger charge is -2.30. The predicted molar refractivity (Wildman–Crippen MR) is 77.4 cm³/mol. The lowest BCUT2D eigenvalue weighted by Crippen LogP contribution is -2.48. The van der Waals surface area contributed by atoms with Crippen molar-refractivity contribution in [1.82, 2.24) is 9.88 Å². The van der Waals surface area contributed by atoms with Crippen molar-refractivity contribution in [2.75, 3.05) is 32.9 Å². The van der Waals surface area contributed by atoms with Crippen molar-refractivity contribution in [1.29, 1.82) is 0 Å². The molecule has 1 aromatic heterocycles. The zero-order valence-electron chi connectivity index (χ0n) is 12.5. The number of amides is 1. The molecule has 2 atom stereocenters. The Kier molecular flexibility index (Phi) is 4.73. The fraction of sp³-hybridized carbons (Fsp3) is 0.533. The molecular weight excluding hydrogens is 304 g/mol. The number of carboxylic acids is 1. The van der Waals surface area contributed by atoms with Gasteiger partial charge in [0, 0.05) is 30.8 Å². The minimum Gasteiger partial charge on any atom is -0.479 e. The van der Waals surface area contributed by atoms with Crippen LogP contribution in [0.2, 0.25) is 0 Å². The van der Waals surface area contributed by atoms with Crippen molar-refractivity contribution >= 4 is 11.9 Å². The molecule has 2 aliphatic rings. The van der Waals surface area contributed by atoms with E-state index in [2.05, 4.69) is 4.98 Å². The van der Waals surface area contributed by atoms with E-state index in [1.54, 1.807) is 12.1 Å². The number of carboxylic acid groups (broad SMARTS) is 1. The summed E-state index contributed by atoms with van der Waals surface area (Å²) in [6, 6.07) is 3.16. The topological polar surface area (TPSA) is 98.2 Å². The molecule has 23 heavy (non-hydrogen) atoms. The summed E-state index contributed by atoms with van der Waals surface area (Å²) < 4.78 is 16.0. The summed E-state index contributed by atoms with van der Waals surface area (Å²) >= 11 is 0. The molecular formula is C15H18N2O6. The van der Waals surface area contributed by atoms with E-state index in [1.807, 2.05) is 0 Å². The number of morpholine rings is 1. The smallest absolute Gasteiger partial charge is 0.334 e. The van der Waals surface area contributed by atoms with E-state index < -0.39 is 12.1 Å². The van der Waals surface area contributed by atoms with Crippen LogP contribution < -0.4 is 4.74 Å². The molecule has 0 spiro atoms. The molecule has 124 valence electrons. The van der Waals surface area contributed by atoms with E-state index in [0.717, 1.165) is 6.42 Å². The fourth-order valence-electron chi connectivity index (χ4n) is 2.55. The first-order chi connectivity index (χ1) is 11.1. The summed E-state index contributed by atoms with van der Waals surface area (Å²) in [6.45, 7) is 1.77. The molecule has 1 amide bonds. The third-order valence-electron chi connectivity index (χ3n) is 3.79. The number of carbonyl (C=O) groups excluding carboxylic acids is 1. The molecule has 1 N–H and O–H groups in total. The highest BCUT2D eigenvalue weighted by Crippen LogP contribution is 2.18. The molecule has 2 saturated heterocycles. The first kappa shape index (κ1) is 15.7. The first-order valence-electron chi connectivity index (χ1n) is 7.47. The number of hydrogen-bond donors (Lipinski definition) is 1. The quantitative estimate of drug-likeness (QED) is 0.844. The summed E-state index contributed by atoms with van der Waals surface area (Å²) in [5.41, 5.74) is 0.417. The Morgan fingerprint density at radius 2 is 2.26 bits per heavy atom. The Bertz CT molecular complexity index is 587. The van der Waals surface area contributed by atoms with Gasteiger partial charge in [0.1, 0.15) is 6.10 Å². The van der Waals surface area contributed by atoms with Crippen molar-refractivity contribution in [3.8, 4) is 5.88 Å². The molecule has 2 unspecified atom stereocenters. The van der Waals surface area contributed by atoms with E-state index in [9.17, 15) is 9.59 Å². The molecule has 3 rings (SSSR count). The van der Waals surface area contributed by atoms with Gasteiger partial charge in [0.2, 0.25) is 5.88 Å². The molecule has 2 aliphatic heterocycles. The van der Waals surface area contributed by atoms with Crippen LogP contribution in [0.3, 0.4) is 0 Å². The maximum Gasteiger partial charge on any atom is 0.334 e. The molecule has 0 bridgehead atoms. The number of ether oxygens (including phenoxy) is 3. The van der Waals surface area contributed by atoms with Gasteiger partial charge < -0.3 is 24.2 Å². The summed E-state index contributed by atoms with van der Waals surface area (Å²) in [6.07, 6.45) is 1.27. The van der Waals surface area contributed by atoms with E-state index in [-0.39, 0.29) is 25.2 Å². The van der Waals surface area contributed by atoms with Gasteiger partial charge in [-0.2, -0.15) is 0 Å². The zero-order chi connectivity index (χ0) is 16.2. The normalized spacial score (nSPS) is 24.4. The number of aliphatic carboxylic acids is 1. The predicted octanol–water partition coefficient (Wildman–Crippen LogP) is 0.175. The van der Waals surface area contributed by atoms with Crippen LogP contribution in [0.15, 0.2) is 18.3 Å². The third kappa shape index (κ3) is 3.77.